The van der Waals surface area contributed by atoms with Gasteiger partial charge < -0.3 is 5.32 Å². The minimum Gasteiger partial charge on any atom is -0.330 e. The summed E-state index contributed by atoms with van der Waals surface area (Å²) in [6.07, 6.45) is 0. The van der Waals surface area contributed by atoms with Gasteiger partial charge in [0.1, 0.15) is 0 Å². The number of hydrogen-bond donors (Lipinski definition) is 1. The Hall–Kier alpha value is -1.37. The molecular weight excluding hydrogens is 378 g/mol. The van der Waals surface area contributed by atoms with E-state index in [0.29, 0.717) is 0 Å². The Balaban J connectivity index is 1.61. The number of thioether (sulfide) groups is 1. The summed E-state index contributed by atoms with van der Waals surface area (Å²) in [4.78, 5) is 0. The highest BCUT2D eigenvalue weighted by molar-refractivity contribution is 9.10. The van der Waals surface area contributed by atoms with Crippen LogP contribution in [0.1, 0.15) is 11.1 Å². The standard InChI is InChI=1S/C16H14BrN3S2/c1-11-4-2-3-5-14(11)18-15-19-20-16(22-15)21-10-12-6-8-13(17)9-7-12/h2-9H,10H2,1H3,(H,18,19). The van der Waals surface area contributed by atoms with Gasteiger partial charge in [-0.05, 0) is 36.2 Å². The van der Waals surface area contributed by atoms with Gasteiger partial charge in [-0.25, -0.2) is 0 Å². The molecule has 0 aliphatic carbocycles. The van der Waals surface area contributed by atoms with Gasteiger partial charge in [0.15, 0.2) is 4.34 Å². The molecule has 0 saturated heterocycles. The molecule has 0 atom stereocenters. The van der Waals surface area contributed by atoms with Crippen molar-refractivity contribution < 1.29 is 0 Å². The lowest BCUT2D eigenvalue weighted by Gasteiger charge is -2.04. The number of nitrogens with one attached hydrogen (secondary N) is 1. The van der Waals surface area contributed by atoms with Crippen molar-refractivity contribution in [3.8, 4) is 0 Å². The SMILES string of the molecule is Cc1ccccc1Nc1nnc(SCc2ccc(Br)cc2)s1. The van der Waals surface area contributed by atoms with Crippen LogP contribution in [0.15, 0.2) is 57.3 Å². The molecule has 0 bridgehead atoms. The number of aromatic nitrogens is 2. The van der Waals surface area contributed by atoms with Crippen molar-refractivity contribution in [2.75, 3.05) is 5.32 Å². The number of benzene rings is 2. The topological polar surface area (TPSA) is 37.8 Å². The lowest BCUT2D eigenvalue weighted by Crippen LogP contribution is -1.91. The fourth-order valence-electron chi connectivity index (χ4n) is 1.87. The molecule has 0 fully saturated rings. The molecule has 0 amide bonds. The van der Waals surface area contributed by atoms with Gasteiger partial charge in [-0.1, -0.05) is 69.4 Å². The molecule has 1 aromatic heterocycles. The van der Waals surface area contributed by atoms with Crippen LogP contribution in [0.25, 0.3) is 0 Å². The van der Waals surface area contributed by atoms with Crippen LogP contribution in [0, 0.1) is 6.92 Å². The van der Waals surface area contributed by atoms with Crippen LogP contribution in [0.3, 0.4) is 0 Å². The normalized spacial score (nSPS) is 10.6. The number of rotatable bonds is 5. The van der Waals surface area contributed by atoms with Gasteiger partial charge in [0.25, 0.3) is 0 Å². The largest absolute Gasteiger partial charge is 0.330 e. The van der Waals surface area contributed by atoms with Crippen molar-refractivity contribution in [1.29, 1.82) is 0 Å². The molecule has 22 heavy (non-hydrogen) atoms. The van der Waals surface area contributed by atoms with E-state index in [1.807, 2.05) is 18.2 Å². The average Bonchev–Trinajstić information content (AvgIpc) is 2.97. The predicted octanol–water partition coefficient (Wildman–Crippen LogP) is 5.64. The van der Waals surface area contributed by atoms with E-state index in [2.05, 4.69) is 68.7 Å². The fraction of sp³-hybridized carbons (Fsp3) is 0.125. The van der Waals surface area contributed by atoms with E-state index in [9.17, 15) is 0 Å². The Labute approximate surface area is 146 Å². The molecule has 0 spiro atoms. The second-order valence-corrected chi connectivity index (χ2v) is 7.84. The van der Waals surface area contributed by atoms with Gasteiger partial charge in [0.05, 0.1) is 0 Å². The molecule has 0 aliphatic rings. The lowest BCUT2D eigenvalue weighted by atomic mass is 10.2. The summed E-state index contributed by atoms with van der Waals surface area (Å²) in [5.41, 5.74) is 3.54. The van der Waals surface area contributed by atoms with Gasteiger partial charge >= 0.3 is 0 Å². The Bertz CT molecular complexity index is 756. The molecule has 0 unspecified atom stereocenters. The molecule has 1 heterocycles. The highest BCUT2D eigenvalue weighted by atomic mass is 79.9. The molecule has 0 saturated carbocycles. The Kier molecular flexibility index (Phi) is 5.12. The maximum Gasteiger partial charge on any atom is 0.210 e. The summed E-state index contributed by atoms with van der Waals surface area (Å²) in [6.45, 7) is 2.08. The van der Waals surface area contributed by atoms with Crippen LogP contribution in [-0.2, 0) is 5.75 Å². The molecule has 1 N–H and O–H groups in total. The monoisotopic (exact) mass is 391 g/mol. The van der Waals surface area contributed by atoms with Crippen molar-refractivity contribution in [1.82, 2.24) is 10.2 Å². The molecular formula is C16H14BrN3S2. The van der Waals surface area contributed by atoms with Crippen molar-refractivity contribution in [2.24, 2.45) is 0 Å². The predicted molar refractivity (Wildman–Crippen MR) is 98.1 cm³/mol. The molecule has 6 heteroatoms. The first kappa shape index (κ1) is 15.5. The van der Waals surface area contributed by atoms with Crippen molar-refractivity contribution >= 4 is 49.8 Å². The average molecular weight is 392 g/mol. The van der Waals surface area contributed by atoms with Crippen LogP contribution >= 0.6 is 39.0 Å². The van der Waals surface area contributed by atoms with Crippen molar-refractivity contribution in [3.63, 3.8) is 0 Å². The third-order valence-electron chi connectivity index (χ3n) is 3.07. The molecule has 112 valence electrons. The molecule has 3 nitrogen and oxygen atoms in total. The quantitative estimate of drug-likeness (QED) is 0.570. The van der Waals surface area contributed by atoms with E-state index in [1.165, 1.54) is 11.1 Å². The first-order chi connectivity index (χ1) is 10.7. The maximum atomic E-state index is 4.23. The van der Waals surface area contributed by atoms with E-state index >= 15 is 0 Å². The first-order valence-corrected chi connectivity index (χ1v) is 9.33. The van der Waals surface area contributed by atoms with Crippen LogP contribution in [0.4, 0.5) is 10.8 Å². The van der Waals surface area contributed by atoms with E-state index in [4.69, 9.17) is 0 Å². The summed E-state index contributed by atoms with van der Waals surface area (Å²) < 4.78 is 2.07. The molecule has 0 radical (unpaired) electrons. The minimum atomic E-state index is 0.826. The summed E-state index contributed by atoms with van der Waals surface area (Å²) in [5, 5.41) is 12.6. The van der Waals surface area contributed by atoms with Crippen LogP contribution in [0.2, 0.25) is 0 Å². The van der Waals surface area contributed by atoms with E-state index in [0.717, 1.165) is 25.4 Å². The van der Waals surface area contributed by atoms with Gasteiger partial charge in [-0.15, -0.1) is 10.2 Å². The second-order valence-electron chi connectivity index (χ2n) is 4.73. The zero-order valence-electron chi connectivity index (χ0n) is 11.9. The van der Waals surface area contributed by atoms with Crippen LogP contribution in [-0.4, -0.2) is 10.2 Å². The number of aryl methyl sites for hydroxylation is 1. The number of nitrogens with zero attached hydrogens (tertiary/aromatic N) is 2. The lowest BCUT2D eigenvalue weighted by molar-refractivity contribution is 1.01. The van der Waals surface area contributed by atoms with Gasteiger partial charge in [0, 0.05) is 15.9 Å². The zero-order chi connectivity index (χ0) is 15.4. The van der Waals surface area contributed by atoms with E-state index in [1.54, 1.807) is 23.1 Å². The highest BCUT2D eigenvalue weighted by Crippen LogP contribution is 2.30. The summed E-state index contributed by atoms with van der Waals surface area (Å²) in [7, 11) is 0. The van der Waals surface area contributed by atoms with Gasteiger partial charge in [0.2, 0.25) is 5.13 Å². The molecule has 3 aromatic rings. The summed E-state index contributed by atoms with van der Waals surface area (Å²) in [5.74, 6) is 0.895. The van der Waals surface area contributed by atoms with Gasteiger partial charge in [-0.2, -0.15) is 0 Å². The third-order valence-corrected chi connectivity index (χ3v) is 5.64. The third kappa shape index (κ3) is 4.09. The molecule has 2 aromatic carbocycles. The van der Waals surface area contributed by atoms with Crippen LogP contribution < -0.4 is 5.32 Å². The van der Waals surface area contributed by atoms with Crippen LogP contribution in [0.5, 0.6) is 0 Å². The maximum absolute atomic E-state index is 4.23. The second kappa shape index (κ2) is 7.26. The first-order valence-electron chi connectivity index (χ1n) is 6.74. The van der Waals surface area contributed by atoms with E-state index < -0.39 is 0 Å². The van der Waals surface area contributed by atoms with Crippen molar-refractivity contribution in [3.05, 3.63) is 64.1 Å². The van der Waals surface area contributed by atoms with E-state index in [-0.39, 0.29) is 0 Å². The Morgan fingerprint density at radius 2 is 1.86 bits per heavy atom. The highest BCUT2D eigenvalue weighted by Gasteiger charge is 2.06. The minimum absolute atomic E-state index is 0.826. The number of anilines is 2. The molecule has 0 aliphatic heterocycles. The Morgan fingerprint density at radius 1 is 1.09 bits per heavy atom. The Morgan fingerprint density at radius 3 is 2.64 bits per heavy atom. The summed E-state index contributed by atoms with van der Waals surface area (Å²) in [6, 6.07) is 16.5. The number of hydrogen-bond acceptors (Lipinski definition) is 5. The zero-order valence-corrected chi connectivity index (χ0v) is 15.1. The fourth-order valence-corrected chi connectivity index (χ4v) is 3.86. The number of para-hydroxylation sites is 1. The van der Waals surface area contributed by atoms with Crippen molar-refractivity contribution in [2.45, 2.75) is 17.0 Å². The molecule has 3 rings (SSSR count). The smallest absolute Gasteiger partial charge is 0.210 e. The summed E-state index contributed by atoms with van der Waals surface area (Å²) >= 11 is 6.73. The van der Waals surface area contributed by atoms with Gasteiger partial charge in [-0.3, -0.25) is 0 Å². The number of halogens is 1.